The van der Waals surface area contributed by atoms with Crippen LogP contribution < -0.4 is 10.1 Å². The SMILES string of the molecule is COc1ccc(/C=C(/C#N)C(=O)OCC(=O)NC23CC4CC(CC(C4)C2)C3)cc1. The molecule has 1 amide bonds. The van der Waals surface area contributed by atoms with E-state index in [-0.39, 0.29) is 23.6 Å². The molecule has 4 aliphatic carbocycles. The zero-order chi connectivity index (χ0) is 20.4. The van der Waals surface area contributed by atoms with Crippen molar-refractivity contribution in [1.29, 1.82) is 5.26 Å². The molecule has 1 N–H and O–H groups in total. The highest BCUT2D eigenvalue weighted by atomic mass is 16.5. The van der Waals surface area contributed by atoms with Gasteiger partial charge in [-0.1, -0.05) is 12.1 Å². The smallest absolute Gasteiger partial charge is 0.349 e. The molecule has 1 aromatic rings. The average molecular weight is 394 g/mol. The summed E-state index contributed by atoms with van der Waals surface area (Å²) >= 11 is 0. The molecule has 6 heteroatoms. The van der Waals surface area contributed by atoms with Gasteiger partial charge in [0.05, 0.1) is 7.11 Å². The third kappa shape index (κ3) is 4.29. The van der Waals surface area contributed by atoms with E-state index in [0.29, 0.717) is 11.3 Å². The molecule has 0 aliphatic heterocycles. The van der Waals surface area contributed by atoms with E-state index in [2.05, 4.69) is 5.32 Å². The van der Waals surface area contributed by atoms with Crippen molar-refractivity contribution in [3.8, 4) is 11.8 Å². The average Bonchev–Trinajstić information content (AvgIpc) is 2.69. The number of rotatable bonds is 6. The van der Waals surface area contributed by atoms with Crippen molar-refractivity contribution in [2.24, 2.45) is 17.8 Å². The van der Waals surface area contributed by atoms with Crippen LogP contribution in [0.15, 0.2) is 29.8 Å². The molecular formula is C23H26N2O4. The van der Waals surface area contributed by atoms with Gasteiger partial charge in [0.15, 0.2) is 6.61 Å². The predicted molar refractivity (Wildman–Crippen MR) is 107 cm³/mol. The Morgan fingerprint density at radius 3 is 2.24 bits per heavy atom. The standard InChI is InChI=1S/C23H26N2O4/c1-28-20-4-2-15(3-5-20)9-19(13-24)22(27)29-14-21(26)25-23-10-16-6-17(11-23)8-18(7-16)12-23/h2-5,9,16-18H,6-8,10-12,14H2,1H3,(H,25,26)/b19-9-. The highest BCUT2D eigenvalue weighted by Crippen LogP contribution is 2.55. The van der Waals surface area contributed by atoms with E-state index in [4.69, 9.17) is 9.47 Å². The number of carbonyl (C=O) groups excluding carboxylic acids is 2. The van der Waals surface area contributed by atoms with Gasteiger partial charge >= 0.3 is 5.97 Å². The summed E-state index contributed by atoms with van der Waals surface area (Å²) in [4.78, 5) is 24.7. The molecule has 152 valence electrons. The minimum Gasteiger partial charge on any atom is -0.497 e. The largest absolute Gasteiger partial charge is 0.497 e. The van der Waals surface area contributed by atoms with Crippen molar-refractivity contribution >= 4 is 18.0 Å². The monoisotopic (exact) mass is 394 g/mol. The minimum atomic E-state index is -0.788. The molecule has 0 atom stereocenters. The molecule has 0 aromatic heterocycles. The van der Waals surface area contributed by atoms with E-state index < -0.39 is 5.97 Å². The molecule has 0 spiro atoms. The minimum absolute atomic E-state index is 0.116. The Balaban J connectivity index is 1.33. The van der Waals surface area contributed by atoms with Gasteiger partial charge in [-0.05, 0) is 80.1 Å². The molecule has 4 fully saturated rings. The summed E-state index contributed by atoms with van der Waals surface area (Å²) < 4.78 is 10.2. The number of nitrogens with one attached hydrogen (secondary N) is 1. The molecule has 4 saturated carbocycles. The summed E-state index contributed by atoms with van der Waals surface area (Å²) in [6.45, 7) is -0.359. The predicted octanol–water partition coefficient (Wildman–Crippen LogP) is 3.23. The van der Waals surface area contributed by atoms with Gasteiger partial charge in [-0.3, -0.25) is 4.79 Å². The van der Waals surface area contributed by atoms with Crippen molar-refractivity contribution in [3.05, 3.63) is 35.4 Å². The zero-order valence-corrected chi connectivity index (χ0v) is 16.6. The number of hydrogen-bond acceptors (Lipinski definition) is 5. The van der Waals surface area contributed by atoms with Crippen molar-refractivity contribution in [1.82, 2.24) is 5.32 Å². The first-order valence-electron chi connectivity index (χ1n) is 10.2. The van der Waals surface area contributed by atoms with Crippen LogP contribution in [0.25, 0.3) is 6.08 Å². The number of amides is 1. The third-order valence-electron chi connectivity index (χ3n) is 6.54. The Morgan fingerprint density at radius 1 is 1.14 bits per heavy atom. The Labute approximate surface area is 170 Å². The topological polar surface area (TPSA) is 88.4 Å². The molecule has 5 rings (SSSR count). The summed E-state index contributed by atoms with van der Waals surface area (Å²) in [5.74, 6) is 1.79. The van der Waals surface area contributed by atoms with Crippen LogP contribution in [0, 0.1) is 29.1 Å². The number of benzene rings is 1. The number of carbonyl (C=O) groups is 2. The van der Waals surface area contributed by atoms with E-state index in [1.165, 1.54) is 25.3 Å². The molecule has 0 unspecified atom stereocenters. The number of hydrogen-bond donors (Lipinski definition) is 1. The Morgan fingerprint density at radius 2 is 1.72 bits per heavy atom. The molecule has 6 nitrogen and oxygen atoms in total. The number of methoxy groups -OCH3 is 1. The van der Waals surface area contributed by atoms with E-state index in [9.17, 15) is 14.9 Å². The van der Waals surface area contributed by atoms with Crippen LogP contribution >= 0.6 is 0 Å². The fourth-order valence-electron chi connectivity index (χ4n) is 5.81. The summed E-state index contributed by atoms with van der Waals surface area (Å²) in [6.07, 6.45) is 8.46. The fraction of sp³-hybridized carbons (Fsp3) is 0.522. The molecule has 4 aliphatic rings. The van der Waals surface area contributed by atoms with Gasteiger partial charge < -0.3 is 14.8 Å². The van der Waals surface area contributed by atoms with Gasteiger partial charge in [0.1, 0.15) is 17.4 Å². The van der Waals surface area contributed by atoms with E-state index in [1.807, 2.05) is 6.07 Å². The Bertz CT molecular complexity index is 831. The van der Waals surface area contributed by atoms with Gasteiger partial charge in [-0.15, -0.1) is 0 Å². The first-order valence-corrected chi connectivity index (χ1v) is 10.2. The zero-order valence-electron chi connectivity index (χ0n) is 16.6. The quantitative estimate of drug-likeness (QED) is 0.455. The van der Waals surface area contributed by atoms with Crippen LogP contribution in [0.1, 0.15) is 44.1 Å². The second-order valence-corrected chi connectivity index (χ2v) is 8.77. The molecule has 0 saturated heterocycles. The van der Waals surface area contributed by atoms with E-state index in [1.54, 1.807) is 31.4 Å². The number of nitrogens with zero attached hydrogens (tertiary/aromatic N) is 1. The van der Waals surface area contributed by atoms with Crippen LogP contribution in [0.2, 0.25) is 0 Å². The molecule has 29 heavy (non-hydrogen) atoms. The fourth-order valence-corrected chi connectivity index (χ4v) is 5.81. The summed E-state index contributed by atoms with van der Waals surface area (Å²) in [7, 11) is 1.57. The highest BCUT2D eigenvalue weighted by molar-refractivity contribution is 5.98. The highest BCUT2D eigenvalue weighted by Gasteiger charge is 2.51. The van der Waals surface area contributed by atoms with Crippen molar-refractivity contribution < 1.29 is 19.1 Å². The first kappa shape index (κ1) is 19.5. The van der Waals surface area contributed by atoms with Crippen LogP contribution in [0.3, 0.4) is 0 Å². The lowest BCUT2D eigenvalue weighted by atomic mass is 9.53. The Hall–Kier alpha value is -2.81. The number of nitriles is 1. The summed E-state index contributed by atoms with van der Waals surface area (Å²) in [5, 5.41) is 12.5. The van der Waals surface area contributed by atoms with Gasteiger partial charge in [0.2, 0.25) is 0 Å². The summed E-state index contributed by atoms with van der Waals surface area (Å²) in [6, 6.07) is 8.81. The maximum atomic E-state index is 12.5. The maximum Gasteiger partial charge on any atom is 0.349 e. The second-order valence-electron chi connectivity index (χ2n) is 8.77. The van der Waals surface area contributed by atoms with Crippen LogP contribution in [0.5, 0.6) is 5.75 Å². The Kier molecular flexibility index (Phi) is 5.31. The van der Waals surface area contributed by atoms with Gasteiger partial charge in [-0.2, -0.15) is 5.26 Å². The lowest BCUT2D eigenvalue weighted by Gasteiger charge is -2.56. The van der Waals surface area contributed by atoms with Crippen LogP contribution in [-0.4, -0.2) is 31.1 Å². The number of ether oxygens (including phenoxy) is 2. The second kappa shape index (κ2) is 7.90. The molecular weight excluding hydrogens is 368 g/mol. The number of esters is 1. The lowest BCUT2D eigenvalue weighted by Crippen LogP contribution is -2.60. The van der Waals surface area contributed by atoms with Gasteiger partial charge in [0, 0.05) is 5.54 Å². The summed E-state index contributed by atoms with van der Waals surface area (Å²) in [5.41, 5.74) is 0.421. The molecule has 4 bridgehead atoms. The van der Waals surface area contributed by atoms with Crippen molar-refractivity contribution in [2.75, 3.05) is 13.7 Å². The maximum absolute atomic E-state index is 12.5. The normalized spacial score (nSPS) is 29.8. The third-order valence-corrected chi connectivity index (χ3v) is 6.54. The van der Waals surface area contributed by atoms with E-state index >= 15 is 0 Å². The van der Waals surface area contributed by atoms with Crippen molar-refractivity contribution in [2.45, 2.75) is 44.1 Å². The molecule has 0 radical (unpaired) electrons. The van der Waals surface area contributed by atoms with E-state index in [0.717, 1.165) is 37.0 Å². The lowest BCUT2D eigenvalue weighted by molar-refractivity contribution is -0.146. The van der Waals surface area contributed by atoms with Gasteiger partial charge in [0.25, 0.3) is 5.91 Å². The first-order chi connectivity index (χ1) is 14.0. The van der Waals surface area contributed by atoms with Crippen LogP contribution in [-0.2, 0) is 14.3 Å². The molecule has 0 heterocycles. The van der Waals surface area contributed by atoms with Gasteiger partial charge in [-0.25, -0.2) is 4.79 Å². The van der Waals surface area contributed by atoms with Crippen LogP contribution in [0.4, 0.5) is 0 Å². The molecule has 1 aromatic carbocycles. The van der Waals surface area contributed by atoms with Crippen molar-refractivity contribution in [3.63, 3.8) is 0 Å².